The second-order valence-electron chi connectivity index (χ2n) is 8.53. The van der Waals surface area contributed by atoms with Crippen molar-refractivity contribution >= 4 is 6.09 Å². The van der Waals surface area contributed by atoms with E-state index in [1.54, 1.807) is 4.90 Å². The largest absolute Gasteiger partial charge is 0.445 e. The minimum absolute atomic E-state index is 0.189. The van der Waals surface area contributed by atoms with Gasteiger partial charge in [0.2, 0.25) is 0 Å². The molecule has 0 radical (unpaired) electrons. The van der Waals surface area contributed by atoms with Gasteiger partial charge in [0.05, 0.1) is 30.9 Å². The van der Waals surface area contributed by atoms with E-state index in [2.05, 4.69) is 19.1 Å². The van der Waals surface area contributed by atoms with Gasteiger partial charge in [-0.15, -0.1) is 0 Å². The molecule has 0 aromatic heterocycles. The number of aryl methyl sites for hydroxylation is 1. The number of piperidine rings is 1. The fourth-order valence-corrected chi connectivity index (χ4v) is 4.67. The van der Waals surface area contributed by atoms with Crippen LogP contribution < -0.4 is 0 Å². The molecule has 1 amide bonds. The maximum atomic E-state index is 12.8. The normalized spacial score (nSPS) is 25.7. The first kappa shape index (κ1) is 20.9. The summed E-state index contributed by atoms with van der Waals surface area (Å²) in [6, 6.07) is 17.6. The third kappa shape index (κ3) is 4.52. The van der Waals surface area contributed by atoms with Crippen LogP contribution >= 0.6 is 0 Å². The first-order valence-electron chi connectivity index (χ1n) is 11.0. The van der Waals surface area contributed by atoms with E-state index < -0.39 is 5.60 Å². The van der Waals surface area contributed by atoms with Crippen molar-refractivity contribution in [2.45, 2.75) is 63.3 Å². The molecule has 2 bridgehead atoms. The number of aliphatic hydroxyl groups is 1. The van der Waals surface area contributed by atoms with Crippen LogP contribution in [0.1, 0.15) is 49.3 Å². The zero-order chi connectivity index (χ0) is 21.0. The van der Waals surface area contributed by atoms with Crippen molar-refractivity contribution < 1.29 is 19.4 Å². The van der Waals surface area contributed by atoms with Crippen LogP contribution in [0.25, 0.3) is 0 Å². The molecule has 2 atom stereocenters. The Morgan fingerprint density at radius 3 is 2.37 bits per heavy atom. The zero-order valence-electron chi connectivity index (χ0n) is 17.6. The Labute approximate surface area is 178 Å². The molecule has 1 N–H and O–H groups in total. The van der Waals surface area contributed by atoms with Crippen molar-refractivity contribution in [1.29, 1.82) is 0 Å². The second kappa shape index (κ2) is 9.19. The molecule has 2 heterocycles. The molecule has 2 unspecified atom stereocenters. The van der Waals surface area contributed by atoms with Gasteiger partial charge in [0, 0.05) is 12.8 Å². The van der Waals surface area contributed by atoms with Gasteiger partial charge < -0.3 is 14.6 Å². The Hall–Kier alpha value is -2.37. The van der Waals surface area contributed by atoms with Crippen LogP contribution in [0.4, 0.5) is 4.79 Å². The van der Waals surface area contributed by atoms with Crippen LogP contribution in [0.3, 0.4) is 0 Å². The molecule has 5 nitrogen and oxygen atoms in total. The molecule has 0 aliphatic carbocycles. The number of carbonyl (C=O) groups excluding carboxylic acids is 1. The van der Waals surface area contributed by atoms with Crippen molar-refractivity contribution in [3.63, 3.8) is 0 Å². The highest BCUT2D eigenvalue weighted by molar-refractivity contribution is 5.69. The van der Waals surface area contributed by atoms with Crippen LogP contribution in [0, 0.1) is 0 Å². The van der Waals surface area contributed by atoms with E-state index in [0.717, 1.165) is 17.5 Å². The zero-order valence-corrected chi connectivity index (χ0v) is 17.6. The molecule has 5 heteroatoms. The maximum absolute atomic E-state index is 12.8. The van der Waals surface area contributed by atoms with Crippen molar-refractivity contribution in [3.05, 3.63) is 71.3 Å². The van der Waals surface area contributed by atoms with Crippen LogP contribution in [-0.2, 0) is 28.1 Å². The summed E-state index contributed by atoms with van der Waals surface area (Å²) in [6.07, 6.45) is 4.00. The summed E-state index contributed by atoms with van der Waals surface area (Å²) in [4.78, 5) is 14.6. The average molecular weight is 410 g/mol. The van der Waals surface area contributed by atoms with E-state index in [9.17, 15) is 9.90 Å². The summed E-state index contributed by atoms with van der Waals surface area (Å²) in [5, 5.41) is 11.5. The Kier molecular flexibility index (Phi) is 6.40. The maximum Gasteiger partial charge on any atom is 0.410 e. The highest BCUT2D eigenvalue weighted by atomic mass is 16.6. The molecule has 2 fully saturated rings. The third-order valence-corrected chi connectivity index (χ3v) is 6.28. The van der Waals surface area contributed by atoms with Gasteiger partial charge >= 0.3 is 6.09 Å². The molecule has 30 heavy (non-hydrogen) atoms. The molecule has 0 saturated carbocycles. The number of amides is 1. The number of nitrogens with zero attached hydrogens (tertiary/aromatic N) is 1. The fourth-order valence-electron chi connectivity index (χ4n) is 4.67. The second-order valence-corrected chi connectivity index (χ2v) is 8.53. The summed E-state index contributed by atoms with van der Waals surface area (Å²) in [5.41, 5.74) is 2.24. The summed E-state index contributed by atoms with van der Waals surface area (Å²) in [5.74, 6) is 0. The van der Waals surface area contributed by atoms with Crippen molar-refractivity contribution in [1.82, 2.24) is 4.90 Å². The molecule has 0 spiro atoms. The minimum Gasteiger partial charge on any atom is -0.445 e. The van der Waals surface area contributed by atoms with Gasteiger partial charge in [0.1, 0.15) is 6.61 Å². The molecule has 2 saturated heterocycles. The lowest BCUT2D eigenvalue weighted by Gasteiger charge is -2.51. The molecule has 2 aromatic carbocycles. The van der Waals surface area contributed by atoms with E-state index in [4.69, 9.17) is 9.47 Å². The van der Waals surface area contributed by atoms with Gasteiger partial charge in [0.25, 0.3) is 0 Å². The van der Waals surface area contributed by atoms with E-state index in [0.29, 0.717) is 26.1 Å². The summed E-state index contributed by atoms with van der Waals surface area (Å²) < 4.78 is 11.3. The number of hydrogen-bond acceptors (Lipinski definition) is 4. The van der Waals surface area contributed by atoms with E-state index in [1.165, 1.54) is 18.4 Å². The van der Waals surface area contributed by atoms with Crippen LogP contribution in [-0.4, -0.2) is 41.4 Å². The van der Waals surface area contributed by atoms with Gasteiger partial charge in [-0.25, -0.2) is 4.79 Å². The Morgan fingerprint density at radius 1 is 1.07 bits per heavy atom. The first-order chi connectivity index (χ1) is 14.6. The molecule has 4 rings (SSSR count). The summed E-state index contributed by atoms with van der Waals surface area (Å²) in [6.45, 7) is 3.29. The molecular formula is C25H31NO4. The molecular weight excluding hydrogens is 378 g/mol. The lowest BCUT2D eigenvalue weighted by Crippen LogP contribution is -2.62. The third-order valence-electron chi connectivity index (χ3n) is 6.28. The van der Waals surface area contributed by atoms with Crippen LogP contribution in [0.2, 0.25) is 0 Å². The van der Waals surface area contributed by atoms with Gasteiger partial charge in [-0.05, 0) is 29.5 Å². The van der Waals surface area contributed by atoms with Crippen LogP contribution in [0.5, 0.6) is 0 Å². The smallest absolute Gasteiger partial charge is 0.410 e. The van der Waals surface area contributed by atoms with Crippen molar-refractivity contribution in [2.75, 3.05) is 13.2 Å². The van der Waals surface area contributed by atoms with Crippen LogP contribution in [0.15, 0.2) is 54.6 Å². The number of fused-ring (bicyclic) bond motifs is 2. The van der Waals surface area contributed by atoms with Crippen molar-refractivity contribution in [2.24, 2.45) is 0 Å². The monoisotopic (exact) mass is 409 g/mol. The number of ether oxygens (including phenoxy) is 2. The highest BCUT2D eigenvalue weighted by Crippen LogP contribution is 2.41. The van der Waals surface area contributed by atoms with E-state index in [-0.39, 0.29) is 24.8 Å². The highest BCUT2D eigenvalue weighted by Gasteiger charge is 2.49. The van der Waals surface area contributed by atoms with Gasteiger partial charge in [-0.3, -0.25) is 4.90 Å². The quantitative estimate of drug-likeness (QED) is 0.767. The number of hydrogen-bond donors (Lipinski definition) is 1. The predicted molar refractivity (Wildman–Crippen MR) is 115 cm³/mol. The van der Waals surface area contributed by atoms with E-state index in [1.807, 2.05) is 42.5 Å². The lowest BCUT2D eigenvalue weighted by molar-refractivity contribution is -0.136. The van der Waals surface area contributed by atoms with Gasteiger partial charge in [-0.2, -0.15) is 0 Å². The lowest BCUT2D eigenvalue weighted by atomic mass is 9.77. The number of morpholine rings is 1. The SMILES string of the molecule is CCCCc1ccc(C2(O)CC3COCC(C2)N3C(=O)OCc2ccccc2)cc1. The Bertz CT molecular complexity index is 822. The minimum atomic E-state index is -0.946. The Morgan fingerprint density at radius 2 is 1.73 bits per heavy atom. The number of carbonyl (C=O) groups is 1. The fraction of sp³-hybridized carbons (Fsp3) is 0.480. The first-order valence-corrected chi connectivity index (χ1v) is 11.0. The number of unbranched alkanes of at least 4 members (excludes halogenated alkanes) is 1. The molecule has 160 valence electrons. The molecule has 2 aliphatic rings. The van der Waals surface area contributed by atoms with Gasteiger partial charge in [-0.1, -0.05) is 67.9 Å². The predicted octanol–water partition coefficient (Wildman–Crippen LogP) is 4.42. The number of benzene rings is 2. The topological polar surface area (TPSA) is 59.0 Å². The average Bonchev–Trinajstić information content (AvgIpc) is 2.76. The van der Waals surface area contributed by atoms with E-state index >= 15 is 0 Å². The molecule has 2 aromatic rings. The van der Waals surface area contributed by atoms with Crippen molar-refractivity contribution in [3.8, 4) is 0 Å². The molecule has 2 aliphatic heterocycles. The summed E-state index contributed by atoms with van der Waals surface area (Å²) >= 11 is 0. The van der Waals surface area contributed by atoms with Gasteiger partial charge in [0.15, 0.2) is 0 Å². The Balaban J connectivity index is 1.44. The number of rotatable bonds is 6. The summed E-state index contributed by atoms with van der Waals surface area (Å²) in [7, 11) is 0. The standard InChI is InChI=1S/C25H31NO4/c1-2-3-7-19-10-12-21(13-11-19)25(28)14-22-17-29-18-23(15-25)26(22)24(27)30-16-20-8-5-4-6-9-20/h4-6,8-13,22-23,28H,2-3,7,14-18H2,1H3.